The van der Waals surface area contributed by atoms with Gasteiger partial charge in [-0.2, -0.15) is 11.8 Å². The fourth-order valence-corrected chi connectivity index (χ4v) is 2.06. The van der Waals surface area contributed by atoms with Gasteiger partial charge in [-0.1, -0.05) is 20.8 Å². The van der Waals surface area contributed by atoms with E-state index in [1.165, 1.54) is 6.42 Å². The Bertz CT molecular complexity index is 73.7. The molecule has 0 amide bonds. The molecule has 0 aromatic rings. The highest BCUT2D eigenvalue weighted by Gasteiger charge is 2.03. The quantitative estimate of drug-likeness (QED) is 0.663. The standard InChI is InChI=1S/C8H19NS/c1-7(2)10-8(3)5-6-9-4/h7-9H,5-6H2,1-4H3. The van der Waals surface area contributed by atoms with Crippen LogP contribution in [0.15, 0.2) is 0 Å². The van der Waals surface area contributed by atoms with Crippen molar-refractivity contribution in [2.24, 2.45) is 0 Å². The zero-order valence-corrected chi connectivity index (χ0v) is 8.29. The minimum absolute atomic E-state index is 0.770. The van der Waals surface area contributed by atoms with Crippen molar-refractivity contribution in [3.8, 4) is 0 Å². The first kappa shape index (κ1) is 10.3. The summed E-state index contributed by atoms with van der Waals surface area (Å²) in [5.41, 5.74) is 0. The third-order valence-electron chi connectivity index (χ3n) is 1.31. The zero-order valence-electron chi connectivity index (χ0n) is 7.48. The van der Waals surface area contributed by atoms with E-state index >= 15 is 0 Å². The van der Waals surface area contributed by atoms with E-state index in [9.17, 15) is 0 Å². The van der Waals surface area contributed by atoms with Gasteiger partial charge in [-0.15, -0.1) is 0 Å². The molecule has 0 saturated carbocycles. The van der Waals surface area contributed by atoms with Crippen molar-refractivity contribution in [1.29, 1.82) is 0 Å². The van der Waals surface area contributed by atoms with Gasteiger partial charge in [0.15, 0.2) is 0 Å². The second-order valence-corrected chi connectivity index (χ2v) is 4.91. The van der Waals surface area contributed by atoms with E-state index in [-0.39, 0.29) is 0 Å². The summed E-state index contributed by atoms with van der Waals surface area (Å²) in [6, 6.07) is 0. The van der Waals surface area contributed by atoms with Gasteiger partial charge in [-0.05, 0) is 25.3 Å². The molecule has 0 aromatic heterocycles. The average molecular weight is 161 g/mol. The van der Waals surface area contributed by atoms with Crippen LogP contribution in [0, 0.1) is 0 Å². The van der Waals surface area contributed by atoms with Gasteiger partial charge in [0, 0.05) is 5.25 Å². The molecule has 0 aliphatic rings. The Hall–Kier alpha value is 0.310. The smallest absolute Gasteiger partial charge is 0.00333 e. The number of hydrogen-bond donors (Lipinski definition) is 1. The van der Waals surface area contributed by atoms with Crippen molar-refractivity contribution >= 4 is 11.8 Å². The van der Waals surface area contributed by atoms with E-state index in [0.29, 0.717) is 0 Å². The molecular formula is C8H19NS. The summed E-state index contributed by atoms with van der Waals surface area (Å²) in [4.78, 5) is 0. The molecule has 0 radical (unpaired) electrons. The molecule has 0 saturated heterocycles. The highest BCUT2D eigenvalue weighted by atomic mass is 32.2. The van der Waals surface area contributed by atoms with E-state index in [0.717, 1.165) is 17.0 Å². The molecule has 0 heterocycles. The normalized spacial score (nSPS) is 14.1. The van der Waals surface area contributed by atoms with Gasteiger partial charge >= 0.3 is 0 Å². The van der Waals surface area contributed by atoms with Gasteiger partial charge in [0.2, 0.25) is 0 Å². The third kappa shape index (κ3) is 6.43. The fraction of sp³-hybridized carbons (Fsp3) is 1.00. The molecule has 1 N–H and O–H groups in total. The Labute approximate surface area is 69.0 Å². The van der Waals surface area contributed by atoms with Crippen LogP contribution in [-0.4, -0.2) is 24.1 Å². The molecule has 62 valence electrons. The molecule has 2 heteroatoms. The molecule has 0 aromatic carbocycles. The number of nitrogens with one attached hydrogen (secondary N) is 1. The van der Waals surface area contributed by atoms with Crippen LogP contribution in [0.1, 0.15) is 27.2 Å². The summed E-state index contributed by atoms with van der Waals surface area (Å²) in [6.45, 7) is 7.93. The van der Waals surface area contributed by atoms with E-state index in [4.69, 9.17) is 0 Å². The van der Waals surface area contributed by atoms with E-state index < -0.39 is 0 Å². The van der Waals surface area contributed by atoms with Crippen LogP contribution in [0.25, 0.3) is 0 Å². The highest BCUT2D eigenvalue weighted by Crippen LogP contribution is 2.18. The largest absolute Gasteiger partial charge is 0.320 e. The average Bonchev–Trinajstić information content (AvgIpc) is 1.82. The SMILES string of the molecule is CNCCC(C)SC(C)C. The molecule has 1 unspecified atom stereocenters. The van der Waals surface area contributed by atoms with Gasteiger partial charge in [0.25, 0.3) is 0 Å². The molecule has 0 bridgehead atoms. The summed E-state index contributed by atoms with van der Waals surface area (Å²) < 4.78 is 0. The monoisotopic (exact) mass is 161 g/mol. The predicted molar refractivity (Wildman–Crippen MR) is 50.7 cm³/mol. The lowest BCUT2D eigenvalue weighted by Gasteiger charge is -2.12. The van der Waals surface area contributed by atoms with Gasteiger partial charge in [-0.25, -0.2) is 0 Å². The Morgan fingerprint density at radius 2 is 1.90 bits per heavy atom. The molecule has 1 nitrogen and oxygen atoms in total. The molecule has 10 heavy (non-hydrogen) atoms. The third-order valence-corrected chi connectivity index (χ3v) is 2.55. The number of hydrogen-bond acceptors (Lipinski definition) is 2. The molecule has 0 fully saturated rings. The summed E-state index contributed by atoms with van der Waals surface area (Å²) in [5.74, 6) is 0. The molecular weight excluding hydrogens is 142 g/mol. The van der Waals surface area contributed by atoms with Gasteiger partial charge in [0.1, 0.15) is 0 Å². The van der Waals surface area contributed by atoms with Crippen molar-refractivity contribution in [3.05, 3.63) is 0 Å². The van der Waals surface area contributed by atoms with Crippen LogP contribution in [0.2, 0.25) is 0 Å². The molecule has 0 rings (SSSR count). The van der Waals surface area contributed by atoms with Crippen LogP contribution in [-0.2, 0) is 0 Å². The second-order valence-electron chi connectivity index (χ2n) is 2.89. The van der Waals surface area contributed by atoms with Crippen LogP contribution in [0.3, 0.4) is 0 Å². The minimum Gasteiger partial charge on any atom is -0.320 e. The van der Waals surface area contributed by atoms with E-state index in [2.05, 4.69) is 37.8 Å². The van der Waals surface area contributed by atoms with Crippen molar-refractivity contribution in [2.45, 2.75) is 37.7 Å². The maximum absolute atomic E-state index is 3.16. The Kier molecular flexibility index (Phi) is 6.24. The summed E-state index contributed by atoms with van der Waals surface area (Å²) in [6.07, 6.45) is 1.28. The first-order chi connectivity index (χ1) is 4.66. The van der Waals surface area contributed by atoms with Crippen molar-refractivity contribution in [2.75, 3.05) is 13.6 Å². The first-order valence-corrected chi connectivity index (χ1v) is 4.91. The Balaban J connectivity index is 3.16. The molecule has 0 aliphatic heterocycles. The van der Waals surface area contributed by atoms with Crippen molar-refractivity contribution in [3.63, 3.8) is 0 Å². The number of rotatable bonds is 5. The molecule has 0 spiro atoms. The lowest BCUT2D eigenvalue weighted by atomic mass is 10.3. The minimum atomic E-state index is 0.770. The fourth-order valence-electron chi connectivity index (χ4n) is 0.880. The first-order valence-electron chi connectivity index (χ1n) is 3.97. The van der Waals surface area contributed by atoms with E-state index in [1.807, 2.05) is 7.05 Å². The van der Waals surface area contributed by atoms with Crippen molar-refractivity contribution < 1.29 is 0 Å². The van der Waals surface area contributed by atoms with Gasteiger partial charge in [0.05, 0.1) is 0 Å². The van der Waals surface area contributed by atoms with Gasteiger partial charge in [-0.3, -0.25) is 0 Å². The summed E-state index contributed by atoms with van der Waals surface area (Å²) >= 11 is 2.05. The summed E-state index contributed by atoms with van der Waals surface area (Å²) in [7, 11) is 2.01. The molecule has 1 atom stereocenters. The van der Waals surface area contributed by atoms with E-state index in [1.54, 1.807) is 0 Å². The summed E-state index contributed by atoms with van der Waals surface area (Å²) in [5, 5.41) is 4.73. The molecule has 0 aliphatic carbocycles. The Morgan fingerprint density at radius 1 is 1.30 bits per heavy atom. The number of thioether (sulfide) groups is 1. The second kappa shape index (κ2) is 6.05. The maximum atomic E-state index is 3.16. The Morgan fingerprint density at radius 3 is 2.30 bits per heavy atom. The lowest BCUT2D eigenvalue weighted by Crippen LogP contribution is -2.13. The topological polar surface area (TPSA) is 12.0 Å². The lowest BCUT2D eigenvalue weighted by molar-refractivity contribution is 0.719. The highest BCUT2D eigenvalue weighted by molar-refractivity contribution is 8.00. The zero-order chi connectivity index (χ0) is 7.98. The maximum Gasteiger partial charge on any atom is 0.00333 e. The predicted octanol–water partition coefficient (Wildman–Crippen LogP) is 2.13. The van der Waals surface area contributed by atoms with Crippen molar-refractivity contribution in [1.82, 2.24) is 5.32 Å². The van der Waals surface area contributed by atoms with Crippen LogP contribution in [0.5, 0.6) is 0 Å². The van der Waals surface area contributed by atoms with Crippen LogP contribution >= 0.6 is 11.8 Å². The van der Waals surface area contributed by atoms with Gasteiger partial charge < -0.3 is 5.32 Å². The van der Waals surface area contributed by atoms with Crippen LogP contribution in [0.4, 0.5) is 0 Å². The van der Waals surface area contributed by atoms with Crippen LogP contribution < -0.4 is 5.32 Å².